The molecule has 30 heavy (non-hydrogen) atoms. The molecule has 2 aliphatic rings. The van der Waals surface area contributed by atoms with Gasteiger partial charge in [0.1, 0.15) is 6.54 Å². The Morgan fingerprint density at radius 3 is 2.30 bits per heavy atom. The van der Waals surface area contributed by atoms with Crippen molar-refractivity contribution >= 4 is 22.8 Å². The van der Waals surface area contributed by atoms with Crippen LogP contribution >= 0.6 is 0 Å². The van der Waals surface area contributed by atoms with E-state index in [0.29, 0.717) is 0 Å². The second-order valence-electron chi connectivity index (χ2n) is 9.37. The van der Waals surface area contributed by atoms with Crippen molar-refractivity contribution in [2.45, 2.75) is 58.3 Å². The SMILES string of the molecule is CCC[N+]1=C(/C=C/C=C/CC2=Nc3ccccc3C2(C)C)C(C)(C)c2ccccc21. The van der Waals surface area contributed by atoms with Crippen molar-refractivity contribution in [3.63, 3.8) is 0 Å². The minimum atomic E-state index is 0.00636. The van der Waals surface area contributed by atoms with E-state index >= 15 is 0 Å². The summed E-state index contributed by atoms with van der Waals surface area (Å²) in [6.45, 7) is 12.5. The van der Waals surface area contributed by atoms with Gasteiger partial charge in [-0.25, -0.2) is 0 Å². The standard InChI is InChI=1S/C28H33N2/c1-6-20-30-24-17-13-11-15-22(24)28(4,5)26(30)19-9-7-8-18-25-27(2,3)21-14-10-12-16-23(21)29-25/h7-17,19H,6,18,20H2,1-5H3/q+1/b8-7+,19-9+. The van der Waals surface area contributed by atoms with E-state index < -0.39 is 0 Å². The molecule has 0 aliphatic carbocycles. The number of aliphatic imine (C=N–C) groups is 1. The zero-order valence-corrected chi connectivity index (χ0v) is 18.9. The molecular formula is C28H33N2+. The molecule has 0 radical (unpaired) electrons. The number of allylic oxidation sites excluding steroid dienone is 4. The van der Waals surface area contributed by atoms with Crippen LogP contribution in [0.25, 0.3) is 0 Å². The van der Waals surface area contributed by atoms with Crippen molar-refractivity contribution in [3.8, 4) is 0 Å². The van der Waals surface area contributed by atoms with Gasteiger partial charge in [0.2, 0.25) is 5.69 Å². The Labute approximate surface area is 181 Å². The van der Waals surface area contributed by atoms with Gasteiger partial charge >= 0.3 is 0 Å². The van der Waals surface area contributed by atoms with Crippen LogP contribution in [0.1, 0.15) is 58.6 Å². The molecule has 0 aromatic heterocycles. The third-order valence-corrected chi connectivity index (χ3v) is 6.61. The van der Waals surface area contributed by atoms with Crippen LogP contribution in [-0.2, 0) is 10.8 Å². The molecule has 2 nitrogen and oxygen atoms in total. The normalized spacial score (nSPS) is 18.9. The molecule has 4 rings (SSSR count). The van der Waals surface area contributed by atoms with Crippen LogP contribution in [0.5, 0.6) is 0 Å². The van der Waals surface area contributed by atoms with Gasteiger partial charge in [-0.05, 0) is 25.5 Å². The predicted molar refractivity (Wildman–Crippen MR) is 129 cm³/mol. The third-order valence-electron chi connectivity index (χ3n) is 6.61. The van der Waals surface area contributed by atoms with Crippen LogP contribution in [0.15, 0.2) is 77.8 Å². The van der Waals surface area contributed by atoms with Gasteiger partial charge < -0.3 is 0 Å². The molecule has 2 heteroatoms. The smallest absolute Gasteiger partial charge is 0.209 e. The second kappa shape index (κ2) is 7.83. The molecule has 0 fully saturated rings. The molecule has 0 spiro atoms. The van der Waals surface area contributed by atoms with Crippen molar-refractivity contribution in [3.05, 3.63) is 84.0 Å². The first-order valence-electron chi connectivity index (χ1n) is 11.1. The van der Waals surface area contributed by atoms with Crippen LogP contribution in [0, 0.1) is 0 Å². The van der Waals surface area contributed by atoms with Gasteiger partial charge in [0.15, 0.2) is 5.71 Å². The highest BCUT2D eigenvalue weighted by atomic mass is 15.1. The van der Waals surface area contributed by atoms with Gasteiger partial charge in [-0.1, -0.05) is 75.4 Å². The van der Waals surface area contributed by atoms with E-state index in [1.54, 1.807) is 0 Å². The lowest BCUT2D eigenvalue weighted by Crippen LogP contribution is -2.27. The first-order valence-corrected chi connectivity index (χ1v) is 11.1. The van der Waals surface area contributed by atoms with E-state index in [0.717, 1.165) is 25.1 Å². The first-order chi connectivity index (χ1) is 14.4. The second-order valence-corrected chi connectivity index (χ2v) is 9.37. The molecule has 0 bridgehead atoms. The van der Waals surface area contributed by atoms with Crippen molar-refractivity contribution in [1.82, 2.24) is 0 Å². The van der Waals surface area contributed by atoms with Gasteiger partial charge in [0, 0.05) is 41.7 Å². The lowest BCUT2D eigenvalue weighted by atomic mass is 9.80. The van der Waals surface area contributed by atoms with Crippen molar-refractivity contribution in [2.24, 2.45) is 4.99 Å². The highest BCUT2D eigenvalue weighted by Crippen LogP contribution is 2.41. The van der Waals surface area contributed by atoms with E-state index in [2.05, 4.69) is 112 Å². The monoisotopic (exact) mass is 397 g/mol. The summed E-state index contributed by atoms with van der Waals surface area (Å²) in [4.78, 5) is 4.89. The molecule has 2 aliphatic heterocycles. The average molecular weight is 398 g/mol. The highest BCUT2D eigenvalue weighted by Gasteiger charge is 2.43. The zero-order chi connectivity index (χ0) is 21.4. The Morgan fingerprint density at radius 2 is 1.57 bits per heavy atom. The van der Waals surface area contributed by atoms with Gasteiger partial charge in [-0.3, -0.25) is 4.99 Å². The van der Waals surface area contributed by atoms with Crippen LogP contribution in [0.2, 0.25) is 0 Å². The highest BCUT2D eigenvalue weighted by molar-refractivity contribution is 6.03. The van der Waals surface area contributed by atoms with Crippen molar-refractivity contribution in [2.75, 3.05) is 6.54 Å². The zero-order valence-electron chi connectivity index (χ0n) is 18.9. The fraction of sp³-hybridized carbons (Fsp3) is 0.357. The molecule has 0 amide bonds. The number of fused-ring (bicyclic) bond motifs is 2. The molecule has 2 aromatic rings. The molecule has 154 valence electrons. The average Bonchev–Trinajstić information content (AvgIpc) is 3.11. The van der Waals surface area contributed by atoms with Crippen molar-refractivity contribution in [1.29, 1.82) is 0 Å². The Hall–Kier alpha value is -2.74. The molecule has 0 saturated heterocycles. The fourth-order valence-electron chi connectivity index (χ4n) is 4.85. The van der Waals surface area contributed by atoms with E-state index in [1.165, 1.54) is 28.2 Å². The molecule has 0 unspecified atom stereocenters. The lowest BCUT2D eigenvalue weighted by molar-refractivity contribution is -0.437. The van der Waals surface area contributed by atoms with Crippen LogP contribution in [-0.4, -0.2) is 22.5 Å². The first kappa shape index (κ1) is 20.5. The number of nitrogens with zero attached hydrogens (tertiary/aromatic N) is 2. The van der Waals surface area contributed by atoms with E-state index in [1.807, 2.05) is 0 Å². The minimum Gasteiger partial charge on any atom is -0.256 e. The molecule has 0 saturated carbocycles. The molecule has 2 heterocycles. The Morgan fingerprint density at radius 1 is 0.867 bits per heavy atom. The Bertz CT molecular complexity index is 1080. The Balaban J connectivity index is 1.52. The van der Waals surface area contributed by atoms with Gasteiger partial charge in [-0.2, -0.15) is 4.58 Å². The molecule has 0 N–H and O–H groups in total. The summed E-state index contributed by atoms with van der Waals surface area (Å²) in [5, 5.41) is 0. The summed E-state index contributed by atoms with van der Waals surface area (Å²) in [6.07, 6.45) is 10.9. The van der Waals surface area contributed by atoms with Crippen LogP contribution < -0.4 is 0 Å². The number of rotatable bonds is 6. The van der Waals surface area contributed by atoms with E-state index in [4.69, 9.17) is 4.99 Å². The lowest BCUT2D eigenvalue weighted by Gasteiger charge is -2.21. The molecule has 0 atom stereocenters. The summed E-state index contributed by atoms with van der Waals surface area (Å²) < 4.78 is 2.49. The Kier molecular flexibility index (Phi) is 5.36. The third kappa shape index (κ3) is 3.39. The largest absolute Gasteiger partial charge is 0.256 e. The summed E-state index contributed by atoms with van der Waals surface area (Å²) in [5.41, 5.74) is 7.87. The number of benzene rings is 2. The minimum absolute atomic E-state index is 0.00636. The number of hydrogen-bond donors (Lipinski definition) is 0. The van der Waals surface area contributed by atoms with E-state index in [-0.39, 0.29) is 10.8 Å². The molecule has 2 aromatic carbocycles. The summed E-state index contributed by atoms with van der Waals surface area (Å²) in [7, 11) is 0. The maximum absolute atomic E-state index is 4.89. The molecular weight excluding hydrogens is 364 g/mol. The maximum Gasteiger partial charge on any atom is 0.209 e. The van der Waals surface area contributed by atoms with Crippen LogP contribution in [0.3, 0.4) is 0 Å². The summed E-state index contributed by atoms with van der Waals surface area (Å²) in [6, 6.07) is 17.3. The van der Waals surface area contributed by atoms with Crippen molar-refractivity contribution < 1.29 is 4.58 Å². The van der Waals surface area contributed by atoms with Crippen LogP contribution in [0.4, 0.5) is 11.4 Å². The summed E-state index contributed by atoms with van der Waals surface area (Å²) >= 11 is 0. The number of hydrogen-bond acceptors (Lipinski definition) is 1. The van der Waals surface area contributed by atoms with Gasteiger partial charge in [0.25, 0.3) is 0 Å². The summed E-state index contributed by atoms with van der Waals surface area (Å²) in [5.74, 6) is 0. The fourth-order valence-corrected chi connectivity index (χ4v) is 4.85. The van der Waals surface area contributed by atoms with E-state index in [9.17, 15) is 0 Å². The quantitative estimate of drug-likeness (QED) is 0.367. The van der Waals surface area contributed by atoms with Gasteiger partial charge in [-0.15, -0.1) is 0 Å². The predicted octanol–water partition coefficient (Wildman–Crippen LogP) is 7.04. The topological polar surface area (TPSA) is 15.4 Å². The number of para-hydroxylation sites is 2. The van der Waals surface area contributed by atoms with Gasteiger partial charge in [0.05, 0.1) is 11.1 Å². The maximum atomic E-state index is 4.89.